The van der Waals surface area contributed by atoms with Crippen LogP contribution in [0.3, 0.4) is 0 Å². The molecule has 0 spiro atoms. The number of amides is 4. The molecule has 1 fully saturated rings. The van der Waals surface area contributed by atoms with Crippen LogP contribution < -0.4 is 43.9 Å². The first kappa shape index (κ1) is 50.5. The van der Waals surface area contributed by atoms with E-state index in [9.17, 15) is 53.1 Å². The molecule has 1 saturated heterocycles. The lowest BCUT2D eigenvalue weighted by Gasteiger charge is -2.16. The predicted molar refractivity (Wildman–Crippen MR) is 243 cm³/mol. The Bertz CT molecular complexity index is 3150. The van der Waals surface area contributed by atoms with Gasteiger partial charge in [-0.1, -0.05) is 0 Å². The summed E-state index contributed by atoms with van der Waals surface area (Å²) in [6, 6.07) is 9.51. The van der Waals surface area contributed by atoms with Gasteiger partial charge in [-0.25, -0.2) is 34.3 Å². The van der Waals surface area contributed by atoms with Gasteiger partial charge in [0.15, 0.2) is 22.3 Å². The number of carboxylic acid groups (broad SMARTS) is 3. The number of anilines is 4. The number of hydroxylamine groups is 2. The number of nitrogens with zero attached hydrogens (tertiary/aromatic N) is 7. The molecule has 0 saturated carbocycles. The number of H-pyrrole nitrogens is 2. The highest BCUT2D eigenvalue weighted by Crippen LogP contribution is 2.16. The molecule has 7 rings (SSSR count). The van der Waals surface area contributed by atoms with Crippen molar-refractivity contribution in [2.24, 2.45) is 0 Å². The number of benzene rings is 2. The van der Waals surface area contributed by atoms with E-state index in [0.717, 1.165) is 0 Å². The largest absolute Gasteiger partial charge is 0.481 e. The van der Waals surface area contributed by atoms with E-state index in [0.29, 0.717) is 27.8 Å². The van der Waals surface area contributed by atoms with E-state index in [1.54, 1.807) is 24.3 Å². The van der Waals surface area contributed by atoms with Crippen molar-refractivity contribution in [1.29, 1.82) is 0 Å². The molecular weight excluding hydrogens is 939 g/mol. The number of nitrogens with one attached hydrogen (secondary N) is 6. The van der Waals surface area contributed by atoms with Gasteiger partial charge in [0.05, 0.1) is 43.3 Å². The van der Waals surface area contributed by atoms with E-state index in [2.05, 4.69) is 61.1 Å². The maximum atomic E-state index is 12.6. The summed E-state index contributed by atoms with van der Waals surface area (Å²) in [5.74, 6) is -7.58. The summed E-state index contributed by atoms with van der Waals surface area (Å²) in [5.41, 5.74) is 12.8. The fourth-order valence-electron chi connectivity index (χ4n) is 6.31. The Balaban J connectivity index is 0.000000237. The number of carbonyl (C=O) groups is 8. The van der Waals surface area contributed by atoms with E-state index in [1.807, 2.05) is 0 Å². The number of carboxylic acids is 3. The number of carbonyl (C=O) groups excluding carboxylic acids is 5. The number of nitrogen functional groups attached to an aromatic ring is 2. The van der Waals surface area contributed by atoms with Crippen LogP contribution in [-0.2, 0) is 46.7 Å². The zero-order chi connectivity index (χ0) is 51.4. The zero-order valence-corrected chi connectivity index (χ0v) is 36.7. The maximum absolute atomic E-state index is 12.6. The summed E-state index contributed by atoms with van der Waals surface area (Å²) in [6.07, 6.45) is 1.36. The molecule has 13 N–H and O–H groups in total. The lowest BCUT2D eigenvalue weighted by molar-refractivity contribution is -0.197. The molecule has 0 bridgehead atoms. The highest BCUT2D eigenvalue weighted by atomic mass is 16.7. The third-order valence-corrected chi connectivity index (χ3v) is 9.90. The van der Waals surface area contributed by atoms with Crippen LogP contribution >= 0.6 is 0 Å². The van der Waals surface area contributed by atoms with Gasteiger partial charge in [0, 0.05) is 41.8 Å². The normalized spacial score (nSPS) is 12.8. The maximum Gasteiger partial charge on any atom is 0.333 e. The highest BCUT2D eigenvalue weighted by Gasteiger charge is 2.33. The third kappa shape index (κ3) is 13.8. The van der Waals surface area contributed by atoms with E-state index in [4.69, 9.17) is 26.5 Å². The first-order valence-electron chi connectivity index (χ1n) is 20.9. The number of fused-ring (bicyclic) bond motifs is 2. The third-order valence-electron chi connectivity index (χ3n) is 9.90. The molecule has 2 aromatic carbocycles. The van der Waals surface area contributed by atoms with Crippen molar-refractivity contribution in [3.05, 3.63) is 104 Å². The van der Waals surface area contributed by atoms with Crippen molar-refractivity contribution in [1.82, 2.24) is 55.6 Å². The van der Waals surface area contributed by atoms with Crippen LogP contribution in [0.5, 0.6) is 0 Å². The number of aromatic amines is 2. The Hall–Kier alpha value is -9.96. The molecule has 5 heterocycles. The van der Waals surface area contributed by atoms with E-state index in [-0.39, 0.29) is 90.5 Å². The average Bonchev–Trinajstić information content (AvgIpc) is 3.65. The predicted octanol–water partition coefficient (Wildman–Crippen LogP) is -0.567. The number of imide groups is 1. The molecule has 71 heavy (non-hydrogen) atoms. The monoisotopic (exact) mass is 979 g/mol. The van der Waals surface area contributed by atoms with Crippen LogP contribution in [0.4, 0.5) is 23.3 Å². The number of aromatic nitrogens is 8. The van der Waals surface area contributed by atoms with Gasteiger partial charge in [0.2, 0.25) is 11.9 Å². The van der Waals surface area contributed by atoms with E-state index >= 15 is 0 Å². The number of rotatable bonds is 19. The van der Waals surface area contributed by atoms with Crippen molar-refractivity contribution in [3.8, 4) is 0 Å². The van der Waals surface area contributed by atoms with Crippen LogP contribution in [0.1, 0.15) is 70.6 Å². The molecule has 0 unspecified atom stereocenters. The molecule has 1 aliphatic rings. The smallest absolute Gasteiger partial charge is 0.333 e. The second kappa shape index (κ2) is 22.7. The fraction of sp³-hybridized carbons (Fsp3) is 0.238. The molecule has 1 aliphatic heterocycles. The van der Waals surface area contributed by atoms with Crippen LogP contribution in [0, 0.1) is 0 Å². The number of nitrogens with two attached hydrogens (primary N) is 2. The van der Waals surface area contributed by atoms with Crippen LogP contribution in [0.15, 0.2) is 70.5 Å². The Morgan fingerprint density at radius 1 is 0.620 bits per heavy atom. The van der Waals surface area contributed by atoms with E-state index < -0.39 is 77.1 Å². The standard InChI is InChI=1S/C23H22N8O8.C19H19N7O6/c24-23-29-19-18(21(36)30-23)27-13(10-26-19)9-25-12-3-1-11(2-4-12)20(35)28-14(22(37)38)5-8-17(34)39-31-15(32)6-7-16(31)33;20-19-25-15-14(17(30)26-19)23-11(8-22-15)7-21-10-3-1-9(2-4-10)16(29)24-12(18(31)32)5-6-13(27)28/h1-4,10,14,25H,5-9H2,(H,28,35)(H,37,38)(H3,24,26,29,30,36);1-4,8,12,21H,5-7H2,(H,24,29)(H,27,28)(H,31,32)(H3,20,22,25,26,30)/t14-;12-/m00/s1. The highest BCUT2D eigenvalue weighted by molar-refractivity contribution is 6.02. The van der Waals surface area contributed by atoms with Crippen molar-refractivity contribution in [3.63, 3.8) is 0 Å². The van der Waals surface area contributed by atoms with Gasteiger partial charge in [-0.3, -0.25) is 43.5 Å². The average molecular weight is 980 g/mol. The molecule has 29 heteroatoms. The molecule has 4 aromatic heterocycles. The van der Waals surface area contributed by atoms with Gasteiger partial charge in [-0.15, -0.1) is 5.06 Å². The van der Waals surface area contributed by atoms with Crippen molar-refractivity contribution in [2.75, 3.05) is 22.1 Å². The Labute approximate surface area is 396 Å². The Morgan fingerprint density at radius 2 is 1.03 bits per heavy atom. The molecule has 2 atom stereocenters. The summed E-state index contributed by atoms with van der Waals surface area (Å²) >= 11 is 0. The summed E-state index contributed by atoms with van der Waals surface area (Å²) in [7, 11) is 0. The summed E-state index contributed by atoms with van der Waals surface area (Å²) in [6.45, 7) is 0.429. The van der Waals surface area contributed by atoms with Crippen molar-refractivity contribution < 1.29 is 58.5 Å². The second-order valence-corrected chi connectivity index (χ2v) is 15.1. The summed E-state index contributed by atoms with van der Waals surface area (Å²) < 4.78 is 0. The van der Waals surface area contributed by atoms with Gasteiger partial charge in [0.25, 0.3) is 34.7 Å². The SMILES string of the molecule is Nc1nc2ncc(CNc3ccc(C(=O)N[C@@H](CCC(=O)O)C(=O)O)cc3)nc2c(=O)[nH]1.Nc1nc2ncc(CNc3ccc(C(=O)N[C@@H](CCC(=O)ON4C(=O)CCC4=O)C(=O)O)cc3)nc2c(=O)[nH]1. The van der Waals surface area contributed by atoms with E-state index in [1.165, 1.54) is 36.7 Å². The Kier molecular flexibility index (Phi) is 16.1. The molecule has 29 nitrogen and oxygen atoms in total. The minimum absolute atomic E-state index is 0.0368. The van der Waals surface area contributed by atoms with Crippen LogP contribution in [0.25, 0.3) is 22.3 Å². The minimum Gasteiger partial charge on any atom is -0.481 e. The molecule has 0 aliphatic carbocycles. The zero-order valence-electron chi connectivity index (χ0n) is 36.7. The van der Waals surface area contributed by atoms with Gasteiger partial charge in [-0.05, 0) is 61.4 Å². The Morgan fingerprint density at radius 3 is 1.42 bits per heavy atom. The first-order chi connectivity index (χ1) is 33.8. The molecule has 368 valence electrons. The number of aliphatic carboxylic acids is 3. The van der Waals surface area contributed by atoms with Crippen molar-refractivity contribution >= 4 is 93.1 Å². The van der Waals surface area contributed by atoms with Crippen LogP contribution in [0.2, 0.25) is 0 Å². The van der Waals surface area contributed by atoms with Gasteiger partial charge in [0.1, 0.15) is 12.1 Å². The second-order valence-electron chi connectivity index (χ2n) is 15.1. The van der Waals surface area contributed by atoms with Crippen molar-refractivity contribution in [2.45, 2.75) is 63.7 Å². The summed E-state index contributed by atoms with van der Waals surface area (Å²) in [5, 5.41) is 38.4. The molecular formula is C42H41N15O14. The quantitative estimate of drug-likeness (QED) is 0.0453. The van der Waals surface area contributed by atoms with Gasteiger partial charge in [-0.2, -0.15) is 9.97 Å². The van der Waals surface area contributed by atoms with Gasteiger partial charge < -0.3 is 52.9 Å². The topological polar surface area (TPSA) is 453 Å². The van der Waals surface area contributed by atoms with Crippen LogP contribution in [-0.4, -0.2) is 120 Å². The summed E-state index contributed by atoms with van der Waals surface area (Å²) in [4.78, 5) is 151. The molecule has 4 amide bonds. The molecule has 6 aromatic rings. The number of hydrogen-bond acceptors (Lipinski definition) is 21. The lowest BCUT2D eigenvalue weighted by atomic mass is 10.1. The lowest BCUT2D eigenvalue weighted by Crippen LogP contribution is -2.41. The minimum atomic E-state index is -1.42. The number of hydrogen-bond donors (Lipinski definition) is 11. The fourth-order valence-corrected chi connectivity index (χ4v) is 6.31. The molecule has 0 radical (unpaired) electrons. The first-order valence-corrected chi connectivity index (χ1v) is 20.9. The van der Waals surface area contributed by atoms with Gasteiger partial charge >= 0.3 is 23.9 Å².